The number of anilines is 1. The van der Waals surface area contributed by atoms with E-state index in [2.05, 4.69) is 20.8 Å². The Balaban J connectivity index is 2.13. The van der Waals surface area contributed by atoms with Crippen molar-refractivity contribution in [2.45, 2.75) is 31.8 Å². The Morgan fingerprint density at radius 3 is 2.89 bits per heavy atom. The quantitative estimate of drug-likeness (QED) is 0.837. The topological polar surface area (TPSA) is 72.4 Å². The maximum Gasteiger partial charge on any atom is 0.234 e. The predicted octanol–water partition coefficient (Wildman–Crippen LogP) is 1.87. The third kappa shape index (κ3) is 3.03. The minimum Gasteiger partial charge on any atom is -0.398 e. The minimum atomic E-state index is -0.231. The largest absolute Gasteiger partial charge is 0.398 e. The molecule has 1 unspecified atom stereocenters. The van der Waals surface area contributed by atoms with Crippen molar-refractivity contribution in [3.05, 3.63) is 28.2 Å². The van der Waals surface area contributed by atoms with Crippen molar-refractivity contribution in [3.63, 3.8) is 0 Å². The molecular weight excluding hydrogens is 294 g/mol. The lowest BCUT2D eigenvalue weighted by Crippen LogP contribution is -2.47. The van der Waals surface area contributed by atoms with Crippen LogP contribution in [0, 0.1) is 0 Å². The highest BCUT2D eigenvalue weighted by Gasteiger charge is 2.27. The SMILES string of the molecule is NC(=O)C1CCCCN1Cc1ccc(Br)cc1N. The van der Waals surface area contributed by atoms with Crippen LogP contribution in [0.25, 0.3) is 0 Å². The number of halogens is 1. The number of nitrogens with zero attached hydrogens (tertiary/aromatic N) is 1. The van der Waals surface area contributed by atoms with Crippen LogP contribution in [-0.4, -0.2) is 23.4 Å². The fraction of sp³-hybridized carbons (Fsp3) is 0.462. The number of amides is 1. The number of hydrogen-bond acceptors (Lipinski definition) is 3. The van der Waals surface area contributed by atoms with Crippen LogP contribution in [0.1, 0.15) is 24.8 Å². The molecule has 0 saturated carbocycles. The summed E-state index contributed by atoms with van der Waals surface area (Å²) in [5, 5.41) is 0. The Labute approximate surface area is 115 Å². The van der Waals surface area contributed by atoms with Gasteiger partial charge in [0.2, 0.25) is 5.91 Å². The number of nitrogen functional groups attached to an aromatic ring is 1. The van der Waals surface area contributed by atoms with Crippen LogP contribution in [-0.2, 0) is 11.3 Å². The second kappa shape index (κ2) is 5.71. The fourth-order valence-corrected chi connectivity index (χ4v) is 2.81. The third-order valence-electron chi connectivity index (χ3n) is 3.42. The summed E-state index contributed by atoms with van der Waals surface area (Å²) in [7, 11) is 0. The molecule has 1 fully saturated rings. The second-order valence-electron chi connectivity index (χ2n) is 4.73. The lowest BCUT2D eigenvalue weighted by molar-refractivity contribution is -0.124. The van der Waals surface area contributed by atoms with Gasteiger partial charge in [-0.3, -0.25) is 9.69 Å². The van der Waals surface area contributed by atoms with Crippen LogP contribution in [0.3, 0.4) is 0 Å². The average molecular weight is 312 g/mol. The predicted molar refractivity (Wildman–Crippen MR) is 75.8 cm³/mol. The van der Waals surface area contributed by atoms with Gasteiger partial charge in [-0.25, -0.2) is 0 Å². The molecule has 0 aromatic heterocycles. The smallest absolute Gasteiger partial charge is 0.234 e. The number of benzene rings is 1. The Bertz CT molecular complexity index is 450. The minimum absolute atomic E-state index is 0.151. The number of carbonyl (C=O) groups excluding carboxylic acids is 1. The summed E-state index contributed by atoms with van der Waals surface area (Å²) in [4.78, 5) is 13.6. The molecule has 0 aliphatic carbocycles. The van der Waals surface area contributed by atoms with Gasteiger partial charge in [0.05, 0.1) is 6.04 Å². The highest BCUT2D eigenvalue weighted by molar-refractivity contribution is 9.10. The van der Waals surface area contributed by atoms with Gasteiger partial charge in [0, 0.05) is 16.7 Å². The molecule has 18 heavy (non-hydrogen) atoms. The maximum atomic E-state index is 11.4. The zero-order chi connectivity index (χ0) is 13.1. The second-order valence-corrected chi connectivity index (χ2v) is 5.64. The lowest BCUT2D eigenvalue weighted by atomic mass is 10.0. The molecule has 2 rings (SSSR count). The fourth-order valence-electron chi connectivity index (χ4n) is 2.43. The van der Waals surface area contributed by atoms with Crippen molar-refractivity contribution in [1.29, 1.82) is 0 Å². The summed E-state index contributed by atoms with van der Waals surface area (Å²) in [5.41, 5.74) is 13.2. The van der Waals surface area contributed by atoms with Gasteiger partial charge in [0.1, 0.15) is 0 Å². The van der Waals surface area contributed by atoms with Crippen molar-refractivity contribution >= 4 is 27.5 Å². The van der Waals surface area contributed by atoms with Crippen molar-refractivity contribution in [1.82, 2.24) is 4.90 Å². The lowest BCUT2D eigenvalue weighted by Gasteiger charge is -2.33. The van der Waals surface area contributed by atoms with Crippen molar-refractivity contribution < 1.29 is 4.79 Å². The van der Waals surface area contributed by atoms with Gasteiger partial charge in [-0.05, 0) is 37.1 Å². The number of nitrogens with two attached hydrogens (primary N) is 2. The molecule has 4 N–H and O–H groups in total. The molecule has 1 heterocycles. The summed E-state index contributed by atoms with van der Waals surface area (Å²) in [6.07, 6.45) is 3.03. The molecule has 0 spiro atoms. The number of rotatable bonds is 3. The molecule has 1 saturated heterocycles. The molecule has 1 atom stereocenters. The monoisotopic (exact) mass is 311 g/mol. The van der Waals surface area contributed by atoms with E-state index in [1.54, 1.807) is 0 Å². The Morgan fingerprint density at radius 2 is 2.22 bits per heavy atom. The van der Waals surface area contributed by atoms with Gasteiger partial charge in [-0.15, -0.1) is 0 Å². The van der Waals surface area contributed by atoms with E-state index in [-0.39, 0.29) is 11.9 Å². The van der Waals surface area contributed by atoms with Gasteiger partial charge in [0.25, 0.3) is 0 Å². The molecule has 4 nitrogen and oxygen atoms in total. The number of likely N-dealkylation sites (tertiary alicyclic amines) is 1. The zero-order valence-electron chi connectivity index (χ0n) is 10.2. The standard InChI is InChI=1S/C13H18BrN3O/c14-10-5-4-9(11(15)7-10)8-17-6-2-1-3-12(17)13(16)18/h4-5,7,12H,1-3,6,8,15H2,(H2,16,18). The van der Waals surface area contributed by atoms with Gasteiger partial charge < -0.3 is 11.5 Å². The summed E-state index contributed by atoms with van der Waals surface area (Å²) in [6, 6.07) is 5.70. The summed E-state index contributed by atoms with van der Waals surface area (Å²) < 4.78 is 0.967. The van der Waals surface area contributed by atoms with Crippen molar-refractivity contribution in [3.8, 4) is 0 Å². The van der Waals surface area contributed by atoms with Crippen LogP contribution in [0.2, 0.25) is 0 Å². The van der Waals surface area contributed by atoms with Crippen LogP contribution >= 0.6 is 15.9 Å². The van der Waals surface area contributed by atoms with Crippen LogP contribution in [0.5, 0.6) is 0 Å². The number of piperidine rings is 1. The van der Waals surface area contributed by atoms with Crippen LogP contribution in [0.4, 0.5) is 5.69 Å². The van der Waals surface area contributed by atoms with E-state index in [0.29, 0.717) is 6.54 Å². The van der Waals surface area contributed by atoms with Gasteiger partial charge in [0.15, 0.2) is 0 Å². The maximum absolute atomic E-state index is 11.4. The molecule has 0 bridgehead atoms. The molecule has 1 aliphatic rings. The summed E-state index contributed by atoms with van der Waals surface area (Å²) in [5.74, 6) is -0.231. The first kappa shape index (κ1) is 13.4. The Hall–Kier alpha value is -1.07. The van der Waals surface area contributed by atoms with E-state index >= 15 is 0 Å². The van der Waals surface area contributed by atoms with Crippen molar-refractivity contribution in [2.75, 3.05) is 12.3 Å². The van der Waals surface area contributed by atoms with Crippen LogP contribution < -0.4 is 11.5 Å². The molecule has 1 aromatic carbocycles. The van der Waals surface area contributed by atoms with Gasteiger partial charge >= 0.3 is 0 Å². The Morgan fingerprint density at radius 1 is 1.44 bits per heavy atom. The van der Waals surface area contributed by atoms with E-state index in [4.69, 9.17) is 11.5 Å². The van der Waals surface area contributed by atoms with E-state index in [9.17, 15) is 4.79 Å². The first-order chi connectivity index (χ1) is 8.58. The van der Waals surface area contributed by atoms with E-state index < -0.39 is 0 Å². The molecule has 1 aromatic rings. The summed E-state index contributed by atoms with van der Waals surface area (Å²) >= 11 is 3.39. The first-order valence-electron chi connectivity index (χ1n) is 6.15. The molecule has 1 aliphatic heterocycles. The van der Waals surface area contributed by atoms with E-state index in [0.717, 1.165) is 41.5 Å². The number of primary amides is 1. The molecule has 0 radical (unpaired) electrons. The molecule has 98 valence electrons. The molecular formula is C13H18BrN3O. The van der Waals surface area contributed by atoms with Gasteiger partial charge in [-0.1, -0.05) is 28.4 Å². The zero-order valence-corrected chi connectivity index (χ0v) is 11.8. The van der Waals surface area contributed by atoms with Crippen LogP contribution in [0.15, 0.2) is 22.7 Å². The molecule has 5 heteroatoms. The normalized spacial score (nSPS) is 20.8. The van der Waals surface area contributed by atoms with E-state index in [1.807, 2.05) is 18.2 Å². The highest BCUT2D eigenvalue weighted by Crippen LogP contribution is 2.24. The average Bonchev–Trinajstić information content (AvgIpc) is 2.33. The highest BCUT2D eigenvalue weighted by atomic mass is 79.9. The first-order valence-corrected chi connectivity index (χ1v) is 6.94. The van der Waals surface area contributed by atoms with E-state index in [1.165, 1.54) is 0 Å². The van der Waals surface area contributed by atoms with Gasteiger partial charge in [-0.2, -0.15) is 0 Å². The Kier molecular flexibility index (Phi) is 4.24. The third-order valence-corrected chi connectivity index (χ3v) is 3.92. The number of carbonyl (C=O) groups is 1. The number of hydrogen-bond donors (Lipinski definition) is 2. The summed E-state index contributed by atoms with van der Waals surface area (Å²) in [6.45, 7) is 1.59. The molecule has 1 amide bonds. The van der Waals surface area contributed by atoms with Crippen molar-refractivity contribution in [2.24, 2.45) is 5.73 Å².